The number of alkyl halides is 1. The number of urea groups is 1. The van der Waals surface area contributed by atoms with Gasteiger partial charge in [0.1, 0.15) is 5.02 Å². The molecule has 0 atom stereocenters. The summed E-state index contributed by atoms with van der Waals surface area (Å²) in [5.74, 6) is 1.24. The van der Waals surface area contributed by atoms with Crippen molar-refractivity contribution in [1.29, 1.82) is 0 Å². The topological polar surface area (TPSA) is 91.0 Å². The summed E-state index contributed by atoms with van der Waals surface area (Å²) in [7, 11) is 0. The fourth-order valence-corrected chi connectivity index (χ4v) is 4.27. The van der Waals surface area contributed by atoms with Crippen molar-refractivity contribution in [2.45, 2.75) is 18.7 Å². The number of aromatic nitrogens is 2. The highest BCUT2D eigenvalue weighted by atomic mass is 35.5. The Labute approximate surface area is 212 Å². The van der Waals surface area contributed by atoms with E-state index in [2.05, 4.69) is 43.4 Å². The number of halogens is 2. The first-order chi connectivity index (χ1) is 17.1. The van der Waals surface area contributed by atoms with Gasteiger partial charge in [0.05, 0.1) is 6.20 Å². The van der Waals surface area contributed by atoms with Crippen LogP contribution in [0.2, 0.25) is 5.02 Å². The molecule has 0 unspecified atom stereocenters. The lowest BCUT2D eigenvalue weighted by molar-refractivity contribution is 0.262. The van der Waals surface area contributed by atoms with E-state index >= 15 is 0 Å². The highest BCUT2D eigenvalue weighted by Crippen LogP contribution is 2.29. The number of benzene rings is 3. The summed E-state index contributed by atoms with van der Waals surface area (Å²) in [6.07, 6.45) is 3.05. The molecule has 3 aromatic carbocycles. The van der Waals surface area contributed by atoms with Gasteiger partial charge in [-0.1, -0.05) is 41.9 Å². The molecular weight excluding hydrogens is 483 g/mol. The molecule has 1 aromatic heterocycles. The zero-order valence-electron chi connectivity index (χ0n) is 18.6. The molecule has 6 bridgehead atoms. The first-order valence-electron chi connectivity index (χ1n) is 11.1. The number of carbonyl (C=O) groups is 1. The fourth-order valence-electron chi connectivity index (χ4n) is 3.90. The van der Waals surface area contributed by atoms with Crippen molar-refractivity contribution >= 4 is 63.7 Å². The first-order valence-corrected chi connectivity index (χ1v) is 12.0. The molecule has 0 aliphatic carbocycles. The molecule has 35 heavy (non-hydrogen) atoms. The third-order valence-corrected chi connectivity index (χ3v) is 6.20. The van der Waals surface area contributed by atoms with Gasteiger partial charge in [0.25, 0.3) is 0 Å². The summed E-state index contributed by atoms with van der Waals surface area (Å²) in [5.41, 5.74) is 6.05. The Kier molecular flexibility index (Phi) is 6.70. The summed E-state index contributed by atoms with van der Waals surface area (Å²) in [6, 6.07) is 20.9. The van der Waals surface area contributed by atoms with Crippen LogP contribution in [0.1, 0.15) is 16.7 Å². The normalized spacial score (nSPS) is 12.2. The van der Waals surface area contributed by atoms with Crippen molar-refractivity contribution < 1.29 is 4.79 Å². The smallest absolute Gasteiger partial charge is 0.323 e. The Bertz CT molecular complexity index is 1390. The van der Waals surface area contributed by atoms with Gasteiger partial charge in [-0.25, -0.2) is 9.78 Å². The molecule has 0 radical (unpaired) electrons. The van der Waals surface area contributed by atoms with E-state index in [-0.39, 0.29) is 6.03 Å². The van der Waals surface area contributed by atoms with Crippen LogP contribution in [0, 0.1) is 0 Å². The van der Waals surface area contributed by atoms with Gasteiger partial charge in [-0.15, -0.1) is 11.6 Å². The maximum absolute atomic E-state index is 12.8. The van der Waals surface area contributed by atoms with Crippen molar-refractivity contribution in [3.8, 4) is 0 Å². The van der Waals surface area contributed by atoms with Crippen LogP contribution in [0.4, 0.5) is 39.3 Å². The van der Waals surface area contributed by atoms with Crippen LogP contribution in [-0.4, -0.2) is 16.0 Å². The maximum Gasteiger partial charge on any atom is 0.323 e. The lowest BCUT2D eigenvalue weighted by atomic mass is 10.0. The average Bonchev–Trinajstić information content (AvgIpc) is 2.86. The predicted molar refractivity (Wildman–Crippen MR) is 143 cm³/mol. The minimum Gasteiger partial charge on any atom is -0.339 e. The van der Waals surface area contributed by atoms with Crippen LogP contribution in [0.5, 0.6) is 0 Å². The average molecular weight is 505 g/mol. The monoisotopic (exact) mass is 504 g/mol. The molecule has 2 heterocycles. The largest absolute Gasteiger partial charge is 0.339 e. The van der Waals surface area contributed by atoms with Gasteiger partial charge in [0.15, 0.2) is 5.82 Å². The van der Waals surface area contributed by atoms with E-state index in [1.807, 2.05) is 54.6 Å². The molecule has 9 heteroatoms. The number of amides is 2. The van der Waals surface area contributed by atoms with Gasteiger partial charge in [0.2, 0.25) is 5.95 Å². The molecule has 0 spiro atoms. The molecule has 0 fully saturated rings. The summed E-state index contributed by atoms with van der Waals surface area (Å²) in [5, 5.41) is 12.8. The minimum absolute atomic E-state index is 0.309. The van der Waals surface area contributed by atoms with Crippen LogP contribution in [0.25, 0.3) is 0 Å². The Morgan fingerprint density at radius 2 is 1.74 bits per heavy atom. The van der Waals surface area contributed by atoms with Gasteiger partial charge in [0, 0.05) is 28.6 Å². The van der Waals surface area contributed by atoms with E-state index in [0.717, 1.165) is 40.2 Å². The van der Waals surface area contributed by atoms with Gasteiger partial charge in [-0.05, 0) is 65.9 Å². The molecule has 4 aromatic rings. The summed E-state index contributed by atoms with van der Waals surface area (Å²) in [4.78, 5) is 21.6. The predicted octanol–water partition coefficient (Wildman–Crippen LogP) is 7.10. The molecule has 1 aliphatic rings. The van der Waals surface area contributed by atoms with Gasteiger partial charge in [-0.3, -0.25) is 0 Å². The highest BCUT2D eigenvalue weighted by Gasteiger charge is 2.13. The van der Waals surface area contributed by atoms with Crippen LogP contribution in [-0.2, 0) is 18.7 Å². The van der Waals surface area contributed by atoms with Crippen molar-refractivity contribution in [2.24, 2.45) is 0 Å². The zero-order chi connectivity index (χ0) is 24.2. The van der Waals surface area contributed by atoms with Crippen LogP contribution in [0.15, 0.2) is 72.9 Å². The van der Waals surface area contributed by atoms with Crippen molar-refractivity contribution in [2.75, 3.05) is 21.3 Å². The molecule has 0 saturated carbocycles. The van der Waals surface area contributed by atoms with E-state index in [4.69, 9.17) is 23.2 Å². The molecule has 4 N–H and O–H groups in total. The lowest BCUT2D eigenvalue weighted by Gasteiger charge is -2.16. The van der Waals surface area contributed by atoms with E-state index in [1.165, 1.54) is 0 Å². The Morgan fingerprint density at radius 1 is 0.914 bits per heavy atom. The Balaban J connectivity index is 1.46. The van der Waals surface area contributed by atoms with Gasteiger partial charge < -0.3 is 21.3 Å². The van der Waals surface area contributed by atoms with Crippen LogP contribution < -0.4 is 21.3 Å². The van der Waals surface area contributed by atoms with E-state index < -0.39 is 0 Å². The maximum atomic E-state index is 12.8. The second-order valence-electron chi connectivity index (χ2n) is 8.08. The van der Waals surface area contributed by atoms with E-state index in [9.17, 15) is 4.79 Å². The molecule has 5 rings (SSSR count). The minimum atomic E-state index is -0.336. The molecule has 1 aliphatic heterocycles. The number of hydrogen-bond donors (Lipinski definition) is 4. The van der Waals surface area contributed by atoms with Gasteiger partial charge in [-0.2, -0.15) is 4.98 Å². The van der Waals surface area contributed by atoms with E-state index in [1.54, 1.807) is 6.20 Å². The lowest BCUT2D eigenvalue weighted by Crippen LogP contribution is -2.21. The van der Waals surface area contributed by atoms with Crippen molar-refractivity contribution in [3.05, 3.63) is 94.6 Å². The third-order valence-electron chi connectivity index (χ3n) is 5.64. The summed E-state index contributed by atoms with van der Waals surface area (Å²) in [6.45, 7) is 0. The fraction of sp³-hybridized carbons (Fsp3) is 0.115. The molecule has 2 amide bonds. The molecule has 7 nitrogen and oxygen atoms in total. The number of nitrogens with zero attached hydrogens (tertiary/aromatic N) is 2. The van der Waals surface area contributed by atoms with Crippen molar-refractivity contribution in [1.82, 2.24) is 9.97 Å². The van der Waals surface area contributed by atoms with Crippen LogP contribution in [0.3, 0.4) is 0 Å². The zero-order valence-corrected chi connectivity index (χ0v) is 20.1. The van der Waals surface area contributed by atoms with Gasteiger partial charge >= 0.3 is 6.03 Å². The first kappa shape index (κ1) is 23.0. The number of para-hydroxylation sites is 1. The SMILES string of the molecule is O=C(Nc1ccccc1CCl)Nc1ccc2cc1CCc1cccc(c1)Nc1ncc(Cl)c(n1)N2. The molecular formula is C26H22Cl2N6O. The molecule has 176 valence electrons. The third kappa shape index (κ3) is 5.48. The Hall–Kier alpha value is -3.81. The second kappa shape index (κ2) is 10.2. The molecule has 0 saturated heterocycles. The van der Waals surface area contributed by atoms with Crippen molar-refractivity contribution in [3.63, 3.8) is 0 Å². The second-order valence-corrected chi connectivity index (χ2v) is 8.76. The quantitative estimate of drug-likeness (QED) is 0.223. The standard InChI is InChI=1S/C26H22Cl2N6O/c27-14-18-5-1-2-7-22(18)32-26(35)33-23-11-10-20-13-17(23)9-8-16-4-3-6-19(12-16)31-25-29-15-21(28)24(30-20)34-25/h1-7,10-13,15H,8-9,14H2,(H2,32,33,35)(H2,29,30,31,34). The number of hydrogen-bond acceptors (Lipinski definition) is 5. The summed E-state index contributed by atoms with van der Waals surface area (Å²) < 4.78 is 0. The number of aryl methyl sites for hydroxylation is 2. The number of nitrogens with one attached hydrogen (secondary N) is 4. The highest BCUT2D eigenvalue weighted by molar-refractivity contribution is 6.32. The Morgan fingerprint density at radius 3 is 2.63 bits per heavy atom. The number of carbonyl (C=O) groups excluding carboxylic acids is 1. The van der Waals surface area contributed by atoms with Crippen LogP contribution >= 0.6 is 23.2 Å². The number of anilines is 6. The van der Waals surface area contributed by atoms with E-state index in [0.29, 0.717) is 34.8 Å². The number of rotatable bonds is 3. The summed E-state index contributed by atoms with van der Waals surface area (Å²) >= 11 is 12.4. The number of fused-ring (bicyclic) bond motifs is 6.